The fraction of sp³-hybridized carbons (Fsp3) is 0.0556. The average Bonchev–Trinajstić information content (AvgIpc) is 3.03. The number of halogens is 2. The number of carbonyl (C=O) groups is 2. The summed E-state index contributed by atoms with van der Waals surface area (Å²) in [5.74, 6) is -3.29. The van der Waals surface area contributed by atoms with Crippen LogP contribution in [0.25, 0.3) is 5.52 Å². The Morgan fingerprint density at radius 1 is 1.15 bits per heavy atom. The van der Waals surface area contributed by atoms with Crippen LogP contribution in [0.2, 0.25) is 0 Å². The van der Waals surface area contributed by atoms with E-state index in [1.807, 2.05) is 0 Å². The quantitative estimate of drug-likeness (QED) is 0.690. The normalized spacial score (nSPS) is 10.5. The van der Waals surface area contributed by atoms with Gasteiger partial charge in [-0.1, -0.05) is 12.1 Å². The largest absolute Gasteiger partial charge is 0.347 e. The van der Waals surface area contributed by atoms with Gasteiger partial charge in [0.2, 0.25) is 5.82 Å². The molecule has 0 aliphatic rings. The molecule has 1 aromatic carbocycles. The maximum Gasteiger partial charge on any atom is 0.292 e. The molecule has 0 bridgehead atoms. The topological polar surface area (TPSA) is 75.5 Å². The molecule has 0 aliphatic heterocycles. The number of nitrogens with zero attached hydrogens (tertiary/aromatic N) is 2. The zero-order chi connectivity index (χ0) is 18.7. The molecule has 0 aliphatic carbocycles. The predicted octanol–water partition coefficient (Wildman–Crippen LogP) is 2.78. The lowest BCUT2D eigenvalue weighted by molar-refractivity contribution is 0.0955. The van der Waals surface area contributed by atoms with Crippen LogP contribution in [0.15, 0.2) is 55.3 Å². The Hall–Kier alpha value is -3.55. The number of rotatable bonds is 5. The average molecular weight is 356 g/mol. The van der Waals surface area contributed by atoms with E-state index in [9.17, 15) is 18.4 Å². The van der Waals surface area contributed by atoms with Crippen LogP contribution in [-0.2, 0) is 0 Å². The lowest BCUT2D eigenvalue weighted by Gasteiger charge is -2.05. The minimum absolute atomic E-state index is 0.0610. The van der Waals surface area contributed by atoms with Gasteiger partial charge in [-0.25, -0.2) is 13.8 Å². The number of fused-ring (bicyclic) bond motifs is 1. The Kier molecular flexibility index (Phi) is 4.74. The summed E-state index contributed by atoms with van der Waals surface area (Å²) in [4.78, 5) is 28.9. The molecule has 2 amide bonds. The van der Waals surface area contributed by atoms with Crippen LogP contribution in [0, 0.1) is 11.6 Å². The van der Waals surface area contributed by atoms with Crippen molar-refractivity contribution in [3.05, 3.63) is 78.4 Å². The first-order chi connectivity index (χ1) is 12.5. The van der Waals surface area contributed by atoms with Gasteiger partial charge in [-0.05, 0) is 24.3 Å². The summed E-state index contributed by atoms with van der Waals surface area (Å²) in [5.41, 5.74) is 0.576. The lowest BCUT2D eigenvalue weighted by atomic mass is 10.3. The molecule has 2 heterocycles. The minimum atomic E-state index is -1.08. The molecule has 0 saturated heterocycles. The Morgan fingerprint density at radius 3 is 2.69 bits per heavy atom. The number of benzene rings is 1. The van der Waals surface area contributed by atoms with E-state index >= 15 is 0 Å². The number of hydrogen-bond acceptors (Lipinski definition) is 3. The van der Waals surface area contributed by atoms with Gasteiger partial charge >= 0.3 is 0 Å². The van der Waals surface area contributed by atoms with Gasteiger partial charge in [-0.3, -0.25) is 14.0 Å². The smallest absolute Gasteiger partial charge is 0.292 e. The number of anilines is 1. The zero-order valence-corrected chi connectivity index (χ0v) is 13.5. The first kappa shape index (κ1) is 17.3. The number of amides is 2. The summed E-state index contributed by atoms with van der Waals surface area (Å²) in [7, 11) is 0. The van der Waals surface area contributed by atoms with E-state index in [4.69, 9.17) is 0 Å². The van der Waals surface area contributed by atoms with Crippen molar-refractivity contribution in [3.63, 3.8) is 0 Å². The number of pyridine rings is 1. The number of nitrogens with one attached hydrogen (secondary N) is 2. The molecule has 0 fully saturated rings. The standard InChI is InChI=1S/C18H14F2N4O2/c1-2-8-21-17(25)15-14-5-3-4-9-24(14)16(23-15)18(26)22-11-6-7-12(19)13(20)10-11/h2-7,9-10H,1,8H2,(H,21,25)(H,22,26). The van der Waals surface area contributed by atoms with Crippen molar-refractivity contribution in [2.75, 3.05) is 11.9 Å². The van der Waals surface area contributed by atoms with Crippen molar-refractivity contribution in [2.24, 2.45) is 0 Å². The number of carbonyl (C=O) groups excluding carboxylic acids is 2. The van der Waals surface area contributed by atoms with Gasteiger partial charge in [0.15, 0.2) is 17.3 Å². The van der Waals surface area contributed by atoms with Crippen molar-refractivity contribution in [1.82, 2.24) is 14.7 Å². The van der Waals surface area contributed by atoms with E-state index in [2.05, 4.69) is 22.2 Å². The maximum absolute atomic E-state index is 13.3. The molecule has 0 atom stereocenters. The van der Waals surface area contributed by atoms with Crippen LogP contribution in [0.5, 0.6) is 0 Å². The van der Waals surface area contributed by atoms with E-state index in [1.165, 1.54) is 16.5 Å². The molecular weight excluding hydrogens is 342 g/mol. The molecule has 0 unspecified atom stereocenters. The van der Waals surface area contributed by atoms with Gasteiger partial charge < -0.3 is 10.6 Å². The summed E-state index contributed by atoms with van der Waals surface area (Å²) >= 11 is 0. The second kappa shape index (κ2) is 7.14. The Bertz CT molecular complexity index is 1010. The molecule has 6 nitrogen and oxygen atoms in total. The maximum atomic E-state index is 13.3. The highest BCUT2D eigenvalue weighted by Gasteiger charge is 2.21. The van der Waals surface area contributed by atoms with Crippen molar-refractivity contribution in [3.8, 4) is 0 Å². The van der Waals surface area contributed by atoms with E-state index < -0.39 is 23.4 Å². The van der Waals surface area contributed by atoms with E-state index in [1.54, 1.807) is 24.4 Å². The van der Waals surface area contributed by atoms with Crippen molar-refractivity contribution in [1.29, 1.82) is 0 Å². The van der Waals surface area contributed by atoms with Crippen molar-refractivity contribution < 1.29 is 18.4 Å². The van der Waals surface area contributed by atoms with Crippen LogP contribution in [0.1, 0.15) is 21.1 Å². The number of hydrogen-bond donors (Lipinski definition) is 2. The first-order valence-corrected chi connectivity index (χ1v) is 7.64. The molecule has 26 heavy (non-hydrogen) atoms. The molecule has 2 N–H and O–H groups in total. The van der Waals surface area contributed by atoms with Crippen molar-refractivity contribution in [2.45, 2.75) is 0 Å². The second-order valence-electron chi connectivity index (χ2n) is 5.32. The molecule has 0 radical (unpaired) electrons. The molecule has 8 heteroatoms. The highest BCUT2D eigenvalue weighted by Crippen LogP contribution is 2.17. The molecule has 3 rings (SSSR count). The van der Waals surface area contributed by atoms with Gasteiger partial charge in [0.1, 0.15) is 0 Å². The fourth-order valence-corrected chi connectivity index (χ4v) is 2.37. The summed E-state index contributed by atoms with van der Waals surface area (Å²) in [5, 5.41) is 5.04. The third kappa shape index (κ3) is 3.30. The van der Waals surface area contributed by atoms with Crippen LogP contribution in [-0.4, -0.2) is 27.7 Å². The monoisotopic (exact) mass is 356 g/mol. The van der Waals surface area contributed by atoms with Gasteiger partial charge in [-0.2, -0.15) is 0 Å². The van der Waals surface area contributed by atoms with Gasteiger partial charge in [0.05, 0.1) is 5.52 Å². The molecule has 132 valence electrons. The summed E-state index contributed by atoms with van der Waals surface area (Å²) < 4.78 is 27.8. The van der Waals surface area contributed by atoms with Crippen LogP contribution >= 0.6 is 0 Å². The van der Waals surface area contributed by atoms with Gasteiger partial charge in [-0.15, -0.1) is 6.58 Å². The predicted molar refractivity (Wildman–Crippen MR) is 92.0 cm³/mol. The third-order valence-corrected chi connectivity index (χ3v) is 3.55. The van der Waals surface area contributed by atoms with Crippen molar-refractivity contribution >= 4 is 23.0 Å². The van der Waals surface area contributed by atoms with Crippen LogP contribution in [0.3, 0.4) is 0 Å². The number of aromatic nitrogens is 2. The molecule has 2 aromatic heterocycles. The highest BCUT2D eigenvalue weighted by atomic mass is 19.2. The van der Waals surface area contributed by atoms with Gasteiger partial charge in [0.25, 0.3) is 11.8 Å². The molecule has 0 spiro atoms. The van der Waals surface area contributed by atoms with E-state index in [0.29, 0.717) is 5.52 Å². The van der Waals surface area contributed by atoms with E-state index in [0.717, 1.165) is 12.1 Å². The molecular formula is C18H14F2N4O2. The highest BCUT2D eigenvalue weighted by molar-refractivity contribution is 6.06. The van der Waals surface area contributed by atoms with Crippen LogP contribution < -0.4 is 10.6 Å². The Labute approximate surface area is 147 Å². The third-order valence-electron chi connectivity index (χ3n) is 3.55. The minimum Gasteiger partial charge on any atom is -0.347 e. The van der Waals surface area contributed by atoms with E-state index in [-0.39, 0.29) is 23.8 Å². The summed E-state index contributed by atoms with van der Waals surface area (Å²) in [6.07, 6.45) is 3.10. The summed E-state index contributed by atoms with van der Waals surface area (Å²) in [6.45, 7) is 3.77. The Morgan fingerprint density at radius 2 is 1.96 bits per heavy atom. The first-order valence-electron chi connectivity index (χ1n) is 7.64. The van der Waals surface area contributed by atoms with Gasteiger partial charge in [0, 0.05) is 24.5 Å². The molecule has 0 saturated carbocycles. The number of imidazole rings is 1. The summed E-state index contributed by atoms with van der Waals surface area (Å²) in [6, 6.07) is 8.02. The zero-order valence-electron chi connectivity index (χ0n) is 13.5. The molecule has 3 aromatic rings. The lowest BCUT2D eigenvalue weighted by Crippen LogP contribution is -2.24. The SMILES string of the molecule is C=CCNC(=O)c1nc(C(=O)Nc2ccc(F)c(F)c2)n2ccccc12. The fourth-order valence-electron chi connectivity index (χ4n) is 2.37. The second-order valence-corrected chi connectivity index (χ2v) is 5.32. The Balaban J connectivity index is 1.96. The van der Waals surface area contributed by atoms with Crippen LogP contribution in [0.4, 0.5) is 14.5 Å².